The van der Waals surface area contributed by atoms with Gasteiger partial charge in [0.2, 0.25) is 0 Å². The van der Waals surface area contributed by atoms with Crippen molar-refractivity contribution in [1.82, 2.24) is 5.32 Å². The molecule has 0 bridgehead atoms. The summed E-state index contributed by atoms with van der Waals surface area (Å²) in [4.78, 5) is 11.8. The van der Waals surface area contributed by atoms with E-state index in [1.54, 1.807) is 24.3 Å². The van der Waals surface area contributed by atoms with Gasteiger partial charge >= 0.3 is 5.97 Å². The highest BCUT2D eigenvalue weighted by Crippen LogP contribution is 2.29. The van der Waals surface area contributed by atoms with Crippen molar-refractivity contribution < 1.29 is 14.3 Å². The highest BCUT2D eigenvalue weighted by atomic mass is 16.4. The fourth-order valence-electron chi connectivity index (χ4n) is 3.50. The maximum atomic E-state index is 11.8. The zero-order valence-corrected chi connectivity index (χ0v) is 15.2. The number of amidine groups is 1. The van der Waals surface area contributed by atoms with Crippen LogP contribution in [0.3, 0.4) is 0 Å². The van der Waals surface area contributed by atoms with E-state index in [4.69, 9.17) is 15.6 Å². The predicted octanol–water partition coefficient (Wildman–Crippen LogP) is 3.59. The minimum atomic E-state index is -0.936. The fourth-order valence-corrected chi connectivity index (χ4v) is 3.50. The van der Waals surface area contributed by atoms with Gasteiger partial charge in [-0.3, -0.25) is 10.2 Å². The molecule has 1 atom stereocenters. The molecule has 0 spiro atoms. The Bertz CT molecular complexity index is 1100. The summed E-state index contributed by atoms with van der Waals surface area (Å²) >= 11 is 0. The summed E-state index contributed by atoms with van der Waals surface area (Å²) in [5.41, 5.74) is 10.3. The number of nitrogens with one attached hydrogen (secondary N) is 2. The molecule has 1 aliphatic heterocycles. The van der Waals surface area contributed by atoms with Gasteiger partial charge in [0.15, 0.2) is 0 Å². The topological polar surface area (TPSA) is 112 Å². The van der Waals surface area contributed by atoms with E-state index in [0.29, 0.717) is 23.3 Å². The van der Waals surface area contributed by atoms with Gasteiger partial charge in [-0.05, 0) is 47.4 Å². The molecule has 0 radical (unpaired) electrons. The molecule has 1 unspecified atom stereocenters. The van der Waals surface area contributed by atoms with Gasteiger partial charge < -0.3 is 20.6 Å². The second-order valence-electron chi connectivity index (χ2n) is 6.98. The number of carbonyl (C=O) groups is 1. The Morgan fingerprint density at radius 1 is 1.21 bits per heavy atom. The first-order valence-electron chi connectivity index (χ1n) is 9.11. The second-order valence-corrected chi connectivity index (χ2v) is 6.98. The van der Waals surface area contributed by atoms with Crippen molar-refractivity contribution in [3.05, 3.63) is 76.6 Å². The quantitative estimate of drug-likeness (QED) is 0.388. The van der Waals surface area contributed by atoms with E-state index >= 15 is 0 Å². The van der Waals surface area contributed by atoms with Crippen LogP contribution in [0.1, 0.15) is 40.4 Å². The van der Waals surface area contributed by atoms with Gasteiger partial charge in [0, 0.05) is 24.0 Å². The lowest BCUT2D eigenvalue weighted by Gasteiger charge is -2.06. The van der Waals surface area contributed by atoms with E-state index in [-0.39, 0.29) is 5.84 Å². The maximum absolute atomic E-state index is 11.8. The molecule has 28 heavy (non-hydrogen) atoms. The van der Waals surface area contributed by atoms with Gasteiger partial charge in [-0.2, -0.15) is 0 Å². The summed E-state index contributed by atoms with van der Waals surface area (Å²) in [5.74, 6) is -1.35. The van der Waals surface area contributed by atoms with Crippen LogP contribution < -0.4 is 11.1 Å². The molecule has 6 heteroatoms. The fraction of sp³-hybridized carbons (Fsp3) is 0.182. The van der Waals surface area contributed by atoms with Crippen LogP contribution in [0.25, 0.3) is 17.0 Å². The number of aliphatic carboxylic acids is 1. The molecule has 142 valence electrons. The third-order valence-corrected chi connectivity index (χ3v) is 5.03. The third kappa shape index (κ3) is 3.54. The summed E-state index contributed by atoms with van der Waals surface area (Å²) < 4.78 is 5.76. The zero-order chi connectivity index (χ0) is 19.7. The molecule has 4 rings (SSSR count). The number of hydrogen-bond acceptors (Lipinski definition) is 4. The van der Waals surface area contributed by atoms with Gasteiger partial charge in [-0.15, -0.1) is 0 Å². The number of nitrogen functional groups attached to an aromatic ring is 1. The third-order valence-electron chi connectivity index (χ3n) is 5.03. The first-order chi connectivity index (χ1) is 13.5. The molecule has 0 fully saturated rings. The van der Waals surface area contributed by atoms with Crippen LogP contribution in [0.15, 0.2) is 53.0 Å². The monoisotopic (exact) mass is 375 g/mol. The Labute approximate surface area is 162 Å². The van der Waals surface area contributed by atoms with E-state index in [2.05, 4.69) is 17.4 Å². The Balaban J connectivity index is 1.55. The van der Waals surface area contributed by atoms with Crippen molar-refractivity contribution in [3.63, 3.8) is 0 Å². The molecule has 5 N–H and O–H groups in total. The van der Waals surface area contributed by atoms with E-state index < -0.39 is 11.9 Å². The normalized spacial score (nSPS) is 14.4. The average Bonchev–Trinajstić information content (AvgIpc) is 3.30. The second kappa shape index (κ2) is 7.32. The molecule has 2 heterocycles. The Hall–Kier alpha value is -3.38. The number of benzene rings is 2. The number of allylic oxidation sites excluding steroid dienone is 1. The number of hydrogen-bond donors (Lipinski definition) is 4. The van der Waals surface area contributed by atoms with Crippen molar-refractivity contribution in [2.75, 3.05) is 0 Å². The van der Waals surface area contributed by atoms with Gasteiger partial charge in [0.1, 0.15) is 23.1 Å². The van der Waals surface area contributed by atoms with Gasteiger partial charge in [0.05, 0.1) is 0 Å². The van der Waals surface area contributed by atoms with Crippen LogP contribution >= 0.6 is 0 Å². The van der Waals surface area contributed by atoms with Gasteiger partial charge in [0.25, 0.3) is 0 Å². The maximum Gasteiger partial charge on any atom is 0.314 e. The minimum absolute atomic E-state index is 0.0353. The standard InChI is InChI=1S/C22H21N3O3/c23-21(24)14-6-7-19-16(9-14)10-20(28-19)18(22(26)27)3-1-2-13-4-5-15-11-25-12-17(15)8-13/h1-2,4-10,18,25H,3,11-12H2,(H3,23,24)(H,26,27)/b2-1+. The van der Waals surface area contributed by atoms with Crippen LogP contribution in [0, 0.1) is 5.41 Å². The highest BCUT2D eigenvalue weighted by Gasteiger charge is 2.23. The summed E-state index contributed by atoms with van der Waals surface area (Å²) in [6.07, 6.45) is 4.15. The van der Waals surface area contributed by atoms with Crippen LogP contribution in [0.5, 0.6) is 0 Å². The molecule has 3 aromatic rings. The van der Waals surface area contributed by atoms with Gasteiger partial charge in [-0.1, -0.05) is 30.4 Å². The van der Waals surface area contributed by atoms with Crippen molar-refractivity contribution in [2.24, 2.45) is 5.73 Å². The molecular formula is C22H21N3O3. The smallest absolute Gasteiger partial charge is 0.314 e. The Morgan fingerprint density at radius 3 is 2.82 bits per heavy atom. The summed E-state index contributed by atoms with van der Waals surface area (Å²) in [6.45, 7) is 1.77. The van der Waals surface area contributed by atoms with E-state index in [9.17, 15) is 9.90 Å². The number of carboxylic acids is 1. The summed E-state index contributed by atoms with van der Waals surface area (Å²) in [7, 11) is 0. The van der Waals surface area contributed by atoms with Gasteiger partial charge in [-0.25, -0.2) is 0 Å². The lowest BCUT2D eigenvalue weighted by Crippen LogP contribution is -2.10. The largest absolute Gasteiger partial charge is 0.481 e. The van der Waals surface area contributed by atoms with Crippen molar-refractivity contribution >= 4 is 28.9 Å². The molecule has 1 aliphatic rings. The van der Waals surface area contributed by atoms with Crippen molar-refractivity contribution in [2.45, 2.75) is 25.4 Å². The number of nitrogens with two attached hydrogens (primary N) is 1. The molecule has 2 aromatic carbocycles. The molecule has 6 nitrogen and oxygen atoms in total. The van der Waals surface area contributed by atoms with Crippen molar-refractivity contribution in [3.8, 4) is 0 Å². The number of rotatable bonds is 6. The predicted molar refractivity (Wildman–Crippen MR) is 108 cm³/mol. The van der Waals surface area contributed by atoms with Crippen LogP contribution in [-0.4, -0.2) is 16.9 Å². The number of furan rings is 1. The van der Waals surface area contributed by atoms with Crippen LogP contribution in [0.4, 0.5) is 0 Å². The van der Waals surface area contributed by atoms with E-state index in [0.717, 1.165) is 24.0 Å². The van der Waals surface area contributed by atoms with E-state index in [1.165, 1.54) is 11.1 Å². The molecule has 0 amide bonds. The average molecular weight is 375 g/mol. The first kappa shape index (κ1) is 18.0. The Morgan fingerprint density at radius 2 is 2.04 bits per heavy atom. The van der Waals surface area contributed by atoms with Crippen LogP contribution in [0.2, 0.25) is 0 Å². The van der Waals surface area contributed by atoms with Crippen LogP contribution in [-0.2, 0) is 17.9 Å². The SMILES string of the molecule is N=C(N)c1ccc2oc(C(C/C=C/c3ccc4c(c3)CNC4)C(=O)O)cc2c1. The molecular weight excluding hydrogens is 354 g/mol. The van der Waals surface area contributed by atoms with Crippen molar-refractivity contribution in [1.29, 1.82) is 5.41 Å². The first-order valence-corrected chi connectivity index (χ1v) is 9.11. The molecule has 1 aromatic heterocycles. The lowest BCUT2D eigenvalue weighted by atomic mass is 10.0. The number of carboxylic acid groups (broad SMARTS) is 1. The molecule has 0 saturated heterocycles. The molecule has 0 saturated carbocycles. The summed E-state index contributed by atoms with van der Waals surface area (Å²) in [5, 5.41) is 21.2. The van der Waals surface area contributed by atoms with E-state index in [1.807, 2.05) is 18.2 Å². The summed E-state index contributed by atoms with van der Waals surface area (Å²) in [6, 6.07) is 13.1. The number of fused-ring (bicyclic) bond motifs is 2. The molecule has 0 aliphatic carbocycles. The zero-order valence-electron chi connectivity index (χ0n) is 15.2. The highest BCUT2D eigenvalue weighted by molar-refractivity contribution is 5.98. The minimum Gasteiger partial charge on any atom is -0.481 e. The lowest BCUT2D eigenvalue weighted by molar-refractivity contribution is -0.139. The Kier molecular flexibility index (Phi) is 4.71.